The van der Waals surface area contributed by atoms with Crippen molar-refractivity contribution in [1.82, 2.24) is 4.90 Å². The number of hydrogen-bond donors (Lipinski definition) is 1. The Bertz CT molecular complexity index is 315. The Morgan fingerprint density at radius 1 is 1.28 bits per heavy atom. The summed E-state index contributed by atoms with van der Waals surface area (Å²) in [5, 5.41) is -0.219. The maximum Gasteiger partial charge on any atom is 0.410 e. The van der Waals surface area contributed by atoms with Crippen LogP contribution in [0.5, 0.6) is 0 Å². The van der Waals surface area contributed by atoms with Gasteiger partial charge >= 0.3 is 6.09 Å². The molecule has 1 heterocycles. The number of carbonyl (C=O) groups excluding carboxylic acids is 2. The van der Waals surface area contributed by atoms with Gasteiger partial charge in [-0.2, -0.15) is 12.6 Å². The first-order chi connectivity index (χ1) is 8.20. The quantitative estimate of drug-likeness (QED) is 0.786. The minimum atomic E-state index is -0.469. The molecule has 1 fully saturated rings. The number of hydrogen-bond acceptors (Lipinski definition) is 4. The Morgan fingerprint density at radius 3 is 2.17 bits per heavy atom. The molecule has 1 rings (SSSR count). The molecule has 0 spiro atoms. The summed E-state index contributed by atoms with van der Waals surface area (Å²) in [6.45, 7) is 8.53. The number of piperidine rings is 1. The van der Waals surface area contributed by atoms with Crippen LogP contribution < -0.4 is 0 Å². The second-order valence-corrected chi connectivity index (χ2v) is 6.59. The van der Waals surface area contributed by atoms with Crippen LogP contribution in [0.4, 0.5) is 4.79 Å². The molecule has 0 bridgehead atoms. The number of ether oxygens (including phenoxy) is 1. The lowest BCUT2D eigenvalue weighted by atomic mass is 9.91. The molecule has 0 N–H and O–H groups in total. The summed E-state index contributed by atoms with van der Waals surface area (Å²) < 4.78 is 5.31. The maximum absolute atomic E-state index is 11.8. The Balaban J connectivity index is 2.44. The van der Waals surface area contributed by atoms with Gasteiger partial charge in [0.15, 0.2) is 0 Å². The number of carbonyl (C=O) groups is 2. The summed E-state index contributed by atoms with van der Waals surface area (Å²) in [5.41, 5.74) is -0.469. The maximum atomic E-state index is 11.8. The van der Waals surface area contributed by atoms with Crippen molar-refractivity contribution < 1.29 is 14.3 Å². The summed E-state index contributed by atoms with van der Waals surface area (Å²) in [7, 11) is 0. The van der Waals surface area contributed by atoms with Crippen LogP contribution in [0.15, 0.2) is 0 Å². The summed E-state index contributed by atoms with van der Waals surface area (Å²) in [6, 6.07) is 0. The van der Waals surface area contributed by atoms with E-state index in [9.17, 15) is 9.59 Å². The molecule has 5 heteroatoms. The van der Waals surface area contributed by atoms with Gasteiger partial charge in [-0.05, 0) is 40.5 Å². The van der Waals surface area contributed by atoms with Gasteiger partial charge in [-0.25, -0.2) is 4.79 Å². The largest absolute Gasteiger partial charge is 0.444 e. The molecular weight excluding hydrogens is 250 g/mol. The van der Waals surface area contributed by atoms with Gasteiger partial charge in [0.2, 0.25) is 0 Å². The zero-order valence-electron chi connectivity index (χ0n) is 11.6. The third kappa shape index (κ3) is 4.52. The van der Waals surface area contributed by atoms with Gasteiger partial charge in [-0.1, -0.05) is 0 Å². The molecule has 4 nitrogen and oxygen atoms in total. The van der Waals surface area contributed by atoms with Crippen molar-refractivity contribution in [3.63, 3.8) is 0 Å². The minimum absolute atomic E-state index is 0.0381. The van der Waals surface area contributed by atoms with Crippen molar-refractivity contribution in [3.05, 3.63) is 0 Å². The van der Waals surface area contributed by atoms with E-state index in [0.29, 0.717) is 25.9 Å². The van der Waals surface area contributed by atoms with Gasteiger partial charge in [0.1, 0.15) is 11.4 Å². The molecule has 0 aromatic carbocycles. The average molecular weight is 273 g/mol. The van der Waals surface area contributed by atoms with Gasteiger partial charge in [-0.15, -0.1) is 0 Å². The van der Waals surface area contributed by atoms with Crippen molar-refractivity contribution in [2.45, 2.75) is 51.4 Å². The zero-order chi connectivity index (χ0) is 13.9. The van der Waals surface area contributed by atoms with Crippen LogP contribution >= 0.6 is 12.6 Å². The summed E-state index contributed by atoms with van der Waals surface area (Å²) in [5.74, 6) is 0.221. The standard InChI is InChI=1S/C13H23NO3S/c1-9(18)11(15)10-5-7-14(8-6-10)12(16)17-13(2,3)4/h9-10,18H,5-8H2,1-4H3. The third-order valence-electron chi connectivity index (χ3n) is 2.96. The van der Waals surface area contributed by atoms with Crippen molar-refractivity contribution in [1.29, 1.82) is 0 Å². The minimum Gasteiger partial charge on any atom is -0.444 e. The first-order valence-electron chi connectivity index (χ1n) is 6.40. The van der Waals surface area contributed by atoms with E-state index in [1.54, 1.807) is 11.8 Å². The van der Waals surface area contributed by atoms with Gasteiger partial charge in [0.25, 0.3) is 0 Å². The average Bonchev–Trinajstić information content (AvgIpc) is 2.26. The van der Waals surface area contributed by atoms with Crippen LogP contribution in [0.25, 0.3) is 0 Å². The molecular formula is C13H23NO3S. The van der Waals surface area contributed by atoms with Crippen molar-refractivity contribution in [2.75, 3.05) is 13.1 Å². The molecule has 1 aliphatic rings. The first kappa shape index (κ1) is 15.3. The molecule has 1 aliphatic heterocycles. The highest BCUT2D eigenvalue weighted by Gasteiger charge is 2.30. The molecule has 0 aliphatic carbocycles. The number of thiol groups is 1. The van der Waals surface area contributed by atoms with Crippen LogP contribution in [0.2, 0.25) is 0 Å². The fourth-order valence-corrected chi connectivity index (χ4v) is 2.22. The highest BCUT2D eigenvalue weighted by Crippen LogP contribution is 2.22. The Labute approximate surface area is 114 Å². The number of nitrogens with zero attached hydrogens (tertiary/aromatic N) is 1. The fraction of sp³-hybridized carbons (Fsp3) is 0.846. The molecule has 104 valence electrons. The van der Waals surface area contributed by atoms with Gasteiger partial charge < -0.3 is 9.64 Å². The lowest BCUT2D eigenvalue weighted by Gasteiger charge is -2.33. The lowest BCUT2D eigenvalue weighted by Crippen LogP contribution is -2.43. The van der Waals surface area contributed by atoms with Gasteiger partial charge in [0, 0.05) is 19.0 Å². The summed E-state index contributed by atoms with van der Waals surface area (Å²) in [6.07, 6.45) is 1.14. The van der Waals surface area contributed by atoms with Gasteiger partial charge in [0.05, 0.1) is 5.25 Å². The molecule has 1 saturated heterocycles. The van der Waals surface area contributed by atoms with E-state index in [4.69, 9.17) is 4.74 Å². The normalized spacial score (nSPS) is 19.5. The molecule has 0 aromatic rings. The number of Topliss-reactive ketones (excluding diaryl/α,β-unsaturated/α-hetero) is 1. The Morgan fingerprint density at radius 2 is 1.78 bits per heavy atom. The zero-order valence-corrected chi connectivity index (χ0v) is 12.5. The van der Waals surface area contributed by atoms with E-state index < -0.39 is 5.60 Å². The van der Waals surface area contributed by atoms with Crippen LogP contribution in [-0.4, -0.2) is 40.7 Å². The summed E-state index contributed by atoms with van der Waals surface area (Å²) in [4.78, 5) is 25.3. The molecule has 18 heavy (non-hydrogen) atoms. The van der Waals surface area contributed by atoms with Crippen molar-refractivity contribution in [2.24, 2.45) is 5.92 Å². The van der Waals surface area contributed by atoms with Crippen molar-refractivity contribution in [3.8, 4) is 0 Å². The highest BCUT2D eigenvalue weighted by molar-refractivity contribution is 7.81. The van der Waals surface area contributed by atoms with E-state index in [1.807, 2.05) is 20.8 Å². The van der Waals surface area contributed by atoms with Crippen LogP contribution in [0.1, 0.15) is 40.5 Å². The molecule has 0 radical (unpaired) electrons. The topological polar surface area (TPSA) is 46.6 Å². The monoisotopic (exact) mass is 273 g/mol. The van der Waals surface area contributed by atoms with E-state index in [2.05, 4.69) is 12.6 Å². The molecule has 1 atom stereocenters. The van der Waals surface area contributed by atoms with Crippen molar-refractivity contribution >= 4 is 24.5 Å². The summed E-state index contributed by atoms with van der Waals surface area (Å²) >= 11 is 4.17. The second-order valence-electron chi connectivity index (χ2n) is 5.82. The number of ketones is 1. The smallest absolute Gasteiger partial charge is 0.410 e. The van der Waals surface area contributed by atoms with Crippen LogP contribution in [0.3, 0.4) is 0 Å². The predicted octanol–water partition coefficient (Wildman–Crippen LogP) is 2.52. The Hall–Kier alpha value is -0.710. The highest BCUT2D eigenvalue weighted by atomic mass is 32.1. The number of amides is 1. The Kier molecular flexibility index (Phi) is 5.08. The lowest BCUT2D eigenvalue weighted by molar-refractivity contribution is -0.123. The number of likely N-dealkylation sites (tertiary alicyclic amines) is 1. The molecule has 0 saturated carbocycles. The van der Waals surface area contributed by atoms with E-state index in [1.165, 1.54) is 0 Å². The van der Waals surface area contributed by atoms with E-state index in [-0.39, 0.29) is 23.0 Å². The SMILES string of the molecule is CC(S)C(=O)C1CCN(C(=O)OC(C)(C)C)CC1. The fourth-order valence-electron chi connectivity index (χ4n) is 2.01. The molecule has 1 unspecified atom stereocenters. The second kappa shape index (κ2) is 5.95. The molecule has 0 aromatic heterocycles. The van der Waals surface area contributed by atoms with E-state index >= 15 is 0 Å². The molecule has 1 amide bonds. The number of rotatable bonds is 2. The van der Waals surface area contributed by atoms with Gasteiger partial charge in [-0.3, -0.25) is 4.79 Å². The van der Waals surface area contributed by atoms with E-state index in [0.717, 1.165) is 0 Å². The van der Waals surface area contributed by atoms with Crippen LogP contribution in [-0.2, 0) is 9.53 Å². The predicted molar refractivity (Wildman–Crippen MR) is 74.0 cm³/mol. The third-order valence-corrected chi connectivity index (χ3v) is 3.22. The van der Waals surface area contributed by atoms with Crippen LogP contribution in [0, 0.1) is 5.92 Å². The first-order valence-corrected chi connectivity index (χ1v) is 6.92.